The van der Waals surface area contributed by atoms with Crippen molar-refractivity contribution in [3.8, 4) is 66.8 Å². The number of furan rings is 2. The van der Waals surface area contributed by atoms with Crippen molar-refractivity contribution in [2.75, 3.05) is 4.90 Å². The van der Waals surface area contributed by atoms with Crippen LogP contribution < -0.4 is 4.90 Å². The third-order valence-corrected chi connectivity index (χ3v) is 19.1. The quantitative estimate of drug-likeness (QED) is 0.172. The first-order valence-corrected chi connectivity index (χ1v) is 28.8. The maximum absolute atomic E-state index is 7.60. The minimum absolute atomic E-state index is 0.519. The molecule has 0 radical (unpaired) electrons. The van der Waals surface area contributed by atoms with Crippen LogP contribution in [0, 0.1) is 0 Å². The lowest BCUT2D eigenvalue weighted by molar-refractivity contribution is 0.664. The van der Waals surface area contributed by atoms with E-state index < -0.39 is 10.8 Å². The zero-order valence-electron chi connectivity index (χ0n) is 44.9. The number of nitrogens with zero attached hydrogens (tertiary/aromatic N) is 1. The van der Waals surface area contributed by atoms with Crippen LogP contribution in [0.25, 0.3) is 111 Å². The molecule has 0 unspecified atom stereocenters. The second-order valence-electron chi connectivity index (χ2n) is 22.8. The maximum Gasteiger partial charge on any atom is 0.144 e. The molecule has 3 heteroatoms. The van der Waals surface area contributed by atoms with Crippen molar-refractivity contribution in [2.45, 2.75) is 10.8 Å². The molecule has 0 N–H and O–H groups in total. The number of anilines is 3. The summed E-state index contributed by atoms with van der Waals surface area (Å²) in [7, 11) is 0. The first kappa shape index (κ1) is 45.0. The van der Waals surface area contributed by atoms with Crippen LogP contribution in [0.15, 0.2) is 294 Å². The summed E-state index contributed by atoms with van der Waals surface area (Å²) in [6, 6.07) is 106. The Kier molecular flexibility index (Phi) is 8.92. The summed E-state index contributed by atoms with van der Waals surface area (Å²) in [5.74, 6) is 0. The number of benzene rings is 13. The first-order valence-electron chi connectivity index (χ1n) is 28.8. The van der Waals surface area contributed by atoms with Gasteiger partial charge < -0.3 is 13.7 Å². The molecule has 3 nitrogen and oxygen atoms in total. The van der Waals surface area contributed by atoms with E-state index in [-0.39, 0.29) is 0 Å². The molecular formula is C80H47NO2. The molecule has 0 amide bonds. The van der Waals surface area contributed by atoms with Crippen LogP contribution in [0.1, 0.15) is 44.5 Å². The molecule has 0 bridgehead atoms. The fraction of sp³-hybridized carbons (Fsp3) is 0.0250. The van der Waals surface area contributed by atoms with E-state index in [0.717, 1.165) is 83.2 Å². The molecule has 0 fully saturated rings. The van der Waals surface area contributed by atoms with Crippen molar-refractivity contribution < 1.29 is 8.83 Å². The summed E-state index contributed by atoms with van der Waals surface area (Å²) in [6.45, 7) is 0. The minimum Gasteiger partial charge on any atom is -0.456 e. The van der Waals surface area contributed by atoms with Crippen LogP contribution in [-0.4, -0.2) is 0 Å². The van der Waals surface area contributed by atoms with E-state index in [9.17, 15) is 0 Å². The number of fused-ring (bicyclic) bond motifs is 26. The molecule has 15 aromatic rings. The van der Waals surface area contributed by atoms with Crippen LogP contribution in [0.2, 0.25) is 0 Å². The van der Waals surface area contributed by atoms with Crippen LogP contribution >= 0.6 is 0 Å². The normalized spacial score (nSPS) is 14.0. The van der Waals surface area contributed by atoms with E-state index in [2.05, 4.69) is 290 Å². The molecule has 13 aromatic carbocycles. The van der Waals surface area contributed by atoms with Gasteiger partial charge in [-0.2, -0.15) is 0 Å². The van der Waals surface area contributed by atoms with E-state index in [4.69, 9.17) is 8.83 Å². The van der Waals surface area contributed by atoms with Crippen molar-refractivity contribution in [1.82, 2.24) is 0 Å². The molecule has 19 rings (SSSR count). The lowest BCUT2D eigenvalue weighted by atomic mass is 9.70. The standard InChI is InChI=1S/C80H47NO2/c1-2-21-48(22-3-1)49-23-18-24-50(45-49)81(51-43-44-57-56-29-8-15-37-66(56)80(69(57)46-51)64-35-13-6-27-54(64)55-28-7-14-36-65(55)80)70-40-20-42-72-75(70)61-47-73-76(59-31-10-17-41-71(59)82-73)77(78(61)83-72)60-32-19-39-68-74(60)58-30-9-16-38-67(58)79(68)62-33-11-4-25-52(62)53-26-5-12-34-63(53)79/h1-47H. The zero-order valence-corrected chi connectivity index (χ0v) is 44.9. The Morgan fingerprint density at radius 3 is 1.37 bits per heavy atom. The molecule has 4 aliphatic rings. The lowest BCUT2D eigenvalue weighted by Gasteiger charge is -2.32. The number of para-hydroxylation sites is 1. The Balaban J connectivity index is 0.907. The number of hydrogen-bond donors (Lipinski definition) is 0. The van der Waals surface area contributed by atoms with Gasteiger partial charge in [0.1, 0.15) is 22.3 Å². The summed E-state index contributed by atoms with van der Waals surface area (Å²) in [6.07, 6.45) is 0. The smallest absolute Gasteiger partial charge is 0.144 e. The maximum atomic E-state index is 7.60. The Morgan fingerprint density at radius 1 is 0.253 bits per heavy atom. The fourth-order valence-corrected chi connectivity index (χ4v) is 16.0. The minimum atomic E-state index is -0.529. The topological polar surface area (TPSA) is 29.5 Å². The van der Waals surface area contributed by atoms with Gasteiger partial charge in [-0.25, -0.2) is 0 Å². The summed E-state index contributed by atoms with van der Waals surface area (Å²) in [5.41, 5.74) is 30.3. The van der Waals surface area contributed by atoms with Gasteiger partial charge >= 0.3 is 0 Å². The van der Waals surface area contributed by atoms with Crippen LogP contribution in [0.4, 0.5) is 17.1 Å². The van der Waals surface area contributed by atoms with Crippen LogP contribution in [0.5, 0.6) is 0 Å². The highest BCUT2D eigenvalue weighted by molar-refractivity contribution is 6.27. The second kappa shape index (κ2) is 16.4. The van der Waals surface area contributed by atoms with E-state index in [1.807, 2.05) is 0 Å². The van der Waals surface area contributed by atoms with E-state index in [1.54, 1.807) is 0 Å². The first-order chi connectivity index (χ1) is 41.2. The van der Waals surface area contributed by atoms with Gasteiger partial charge in [-0.3, -0.25) is 0 Å². The Morgan fingerprint density at radius 2 is 0.723 bits per heavy atom. The van der Waals surface area contributed by atoms with Gasteiger partial charge in [-0.1, -0.05) is 237 Å². The molecule has 0 aliphatic heterocycles. The summed E-state index contributed by atoms with van der Waals surface area (Å²) >= 11 is 0. The summed E-state index contributed by atoms with van der Waals surface area (Å²) < 4.78 is 14.7. The fourth-order valence-electron chi connectivity index (χ4n) is 16.0. The predicted molar refractivity (Wildman–Crippen MR) is 339 cm³/mol. The second-order valence-corrected chi connectivity index (χ2v) is 22.8. The molecule has 83 heavy (non-hydrogen) atoms. The van der Waals surface area contributed by atoms with Crippen molar-refractivity contribution >= 4 is 60.9 Å². The Labute approximate surface area is 479 Å². The third kappa shape index (κ3) is 5.68. The van der Waals surface area contributed by atoms with E-state index in [0.29, 0.717) is 0 Å². The molecular weight excluding hydrogens is 1010 g/mol. The Hall–Kier alpha value is -10.7. The van der Waals surface area contributed by atoms with Gasteiger partial charge in [-0.15, -0.1) is 0 Å². The number of hydrogen-bond acceptors (Lipinski definition) is 3. The average Bonchev–Trinajstić information content (AvgIpc) is 1.70. The summed E-state index contributed by atoms with van der Waals surface area (Å²) in [5, 5.41) is 4.09. The molecule has 4 aliphatic carbocycles. The third-order valence-electron chi connectivity index (χ3n) is 19.1. The van der Waals surface area contributed by atoms with Crippen LogP contribution in [0.3, 0.4) is 0 Å². The van der Waals surface area contributed by atoms with Crippen LogP contribution in [-0.2, 0) is 10.8 Å². The molecule has 0 saturated carbocycles. The van der Waals surface area contributed by atoms with Gasteiger partial charge in [0.2, 0.25) is 0 Å². The monoisotopic (exact) mass is 1050 g/mol. The van der Waals surface area contributed by atoms with Crippen molar-refractivity contribution in [1.29, 1.82) is 0 Å². The van der Waals surface area contributed by atoms with E-state index >= 15 is 0 Å². The predicted octanol–water partition coefficient (Wildman–Crippen LogP) is 21.0. The number of rotatable bonds is 5. The average molecular weight is 1050 g/mol. The highest BCUT2D eigenvalue weighted by Crippen LogP contribution is 2.66. The van der Waals surface area contributed by atoms with Crippen molar-refractivity contribution in [2.24, 2.45) is 0 Å². The Bertz CT molecular complexity index is 5200. The van der Waals surface area contributed by atoms with Gasteiger partial charge in [-0.05, 0) is 154 Å². The molecule has 2 spiro atoms. The SMILES string of the molecule is c1ccc(-c2cccc(N(c3ccc4c(c3)C3(c5ccccc5-c5ccccc53)c3ccccc3-4)c3cccc4oc5c(-c6cccc7c6-c6ccccc6C76c7ccccc7-c7ccccc76)c6c(cc5c34)oc3ccccc36)c2)cc1. The molecule has 2 aromatic heterocycles. The highest BCUT2D eigenvalue weighted by atomic mass is 16.3. The van der Waals surface area contributed by atoms with Gasteiger partial charge in [0.25, 0.3) is 0 Å². The molecule has 2 heterocycles. The molecule has 384 valence electrons. The highest BCUT2D eigenvalue weighted by Gasteiger charge is 2.53. The van der Waals surface area contributed by atoms with Gasteiger partial charge in [0, 0.05) is 33.1 Å². The van der Waals surface area contributed by atoms with Crippen molar-refractivity contribution in [3.63, 3.8) is 0 Å². The van der Waals surface area contributed by atoms with E-state index in [1.165, 1.54) is 89.0 Å². The molecule has 0 atom stereocenters. The molecule has 0 saturated heterocycles. The largest absolute Gasteiger partial charge is 0.456 e. The van der Waals surface area contributed by atoms with Gasteiger partial charge in [0.05, 0.1) is 21.9 Å². The summed E-state index contributed by atoms with van der Waals surface area (Å²) in [4.78, 5) is 2.48. The zero-order chi connectivity index (χ0) is 54.1. The van der Waals surface area contributed by atoms with Gasteiger partial charge in [0.15, 0.2) is 0 Å². The van der Waals surface area contributed by atoms with Crippen molar-refractivity contribution in [3.05, 3.63) is 330 Å². The lowest BCUT2D eigenvalue weighted by Crippen LogP contribution is -2.26.